The number of anilines is 1. The van der Waals surface area contributed by atoms with Crippen LogP contribution in [0.2, 0.25) is 0 Å². The van der Waals surface area contributed by atoms with Gasteiger partial charge in [-0.25, -0.2) is 4.79 Å². The molecule has 0 fully saturated rings. The maximum atomic E-state index is 11.4. The van der Waals surface area contributed by atoms with E-state index in [-0.39, 0.29) is 0 Å². The molecule has 1 amide bonds. The number of nitrogens with two attached hydrogens (primary N) is 1. The van der Waals surface area contributed by atoms with Crippen LogP contribution in [0.4, 0.5) is 10.5 Å². The van der Waals surface area contributed by atoms with Gasteiger partial charge in [0.05, 0.1) is 6.61 Å². The molecule has 3 N–H and O–H groups in total. The van der Waals surface area contributed by atoms with Crippen molar-refractivity contribution < 1.29 is 9.53 Å². The molecular formula is C13H21N3O2. The Hall–Kier alpha value is -1.59. The Labute approximate surface area is 108 Å². The van der Waals surface area contributed by atoms with Crippen LogP contribution in [0, 0.1) is 0 Å². The third kappa shape index (κ3) is 5.65. The summed E-state index contributed by atoms with van der Waals surface area (Å²) < 4.78 is 5.05. The molecule has 0 saturated heterocycles. The number of nitrogens with one attached hydrogen (secondary N) is 1. The van der Waals surface area contributed by atoms with E-state index < -0.39 is 6.09 Å². The van der Waals surface area contributed by atoms with Crippen molar-refractivity contribution in [3.05, 3.63) is 29.8 Å². The number of carbonyl (C=O) groups is 1. The van der Waals surface area contributed by atoms with Crippen LogP contribution in [0.15, 0.2) is 24.3 Å². The highest BCUT2D eigenvalue weighted by atomic mass is 16.5. The van der Waals surface area contributed by atoms with E-state index in [2.05, 4.69) is 5.32 Å². The molecule has 1 rings (SSSR count). The van der Waals surface area contributed by atoms with Crippen LogP contribution in [0.5, 0.6) is 0 Å². The van der Waals surface area contributed by atoms with Crippen LogP contribution in [-0.4, -0.2) is 38.2 Å². The third-order valence-electron chi connectivity index (χ3n) is 2.42. The second kappa shape index (κ2) is 7.68. The zero-order valence-electron chi connectivity index (χ0n) is 11.0. The lowest BCUT2D eigenvalue weighted by atomic mass is 10.2. The summed E-state index contributed by atoms with van der Waals surface area (Å²) in [5, 5.41) is 2.67. The van der Waals surface area contributed by atoms with Crippen molar-refractivity contribution in [1.82, 2.24) is 4.90 Å². The minimum atomic E-state index is -0.422. The van der Waals surface area contributed by atoms with Crippen molar-refractivity contribution in [2.24, 2.45) is 5.73 Å². The molecule has 18 heavy (non-hydrogen) atoms. The minimum Gasteiger partial charge on any atom is -0.449 e. The molecule has 1 aromatic carbocycles. The molecule has 1 aromatic rings. The normalized spacial score (nSPS) is 10.4. The average molecular weight is 251 g/mol. The summed E-state index contributed by atoms with van der Waals surface area (Å²) in [5.41, 5.74) is 7.23. The predicted octanol–water partition coefficient (Wildman–Crippen LogP) is 1.65. The number of nitrogens with zero attached hydrogens (tertiary/aromatic N) is 1. The number of hydrogen-bond donors (Lipinski definition) is 2. The van der Waals surface area contributed by atoms with Crippen LogP contribution < -0.4 is 11.1 Å². The molecule has 0 heterocycles. The fourth-order valence-corrected chi connectivity index (χ4v) is 1.42. The highest BCUT2D eigenvalue weighted by molar-refractivity contribution is 5.84. The van der Waals surface area contributed by atoms with E-state index in [0.29, 0.717) is 18.8 Å². The summed E-state index contributed by atoms with van der Waals surface area (Å²) >= 11 is 0. The maximum absolute atomic E-state index is 11.4. The van der Waals surface area contributed by atoms with Crippen molar-refractivity contribution >= 4 is 11.8 Å². The molecule has 0 radical (unpaired) electrons. The smallest absolute Gasteiger partial charge is 0.411 e. The van der Waals surface area contributed by atoms with E-state index in [0.717, 1.165) is 18.5 Å². The third-order valence-corrected chi connectivity index (χ3v) is 2.42. The first-order valence-electron chi connectivity index (χ1n) is 5.99. The van der Waals surface area contributed by atoms with Crippen LogP contribution >= 0.6 is 0 Å². The summed E-state index contributed by atoms with van der Waals surface area (Å²) in [7, 11) is 3.97. The Morgan fingerprint density at radius 3 is 2.56 bits per heavy atom. The highest BCUT2D eigenvalue weighted by Crippen LogP contribution is 2.09. The van der Waals surface area contributed by atoms with Crippen LogP contribution in [0.25, 0.3) is 0 Å². The van der Waals surface area contributed by atoms with E-state index in [1.165, 1.54) is 0 Å². The Morgan fingerprint density at radius 2 is 2.00 bits per heavy atom. The van der Waals surface area contributed by atoms with Gasteiger partial charge >= 0.3 is 6.09 Å². The molecule has 0 unspecified atom stereocenters. The topological polar surface area (TPSA) is 67.6 Å². The first-order chi connectivity index (χ1) is 8.61. The standard InChI is InChI=1S/C13H21N3O2/c1-16(2)8-3-9-18-13(17)15-12-6-4-11(10-14)5-7-12/h4-7H,3,8-10,14H2,1-2H3,(H,15,17). The van der Waals surface area contributed by atoms with Crippen LogP contribution in [0.3, 0.4) is 0 Å². The van der Waals surface area contributed by atoms with Crippen LogP contribution in [-0.2, 0) is 11.3 Å². The second-order valence-corrected chi connectivity index (χ2v) is 4.32. The SMILES string of the molecule is CN(C)CCCOC(=O)Nc1ccc(CN)cc1. The number of hydrogen-bond acceptors (Lipinski definition) is 4. The molecule has 0 atom stereocenters. The Morgan fingerprint density at radius 1 is 1.33 bits per heavy atom. The number of rotatable bonds is 6. The monoisotopic (exact) mass is 251 g/mol. The van der Waals surface area contributed by atoms with Gasteiger partial charge in [-0.15, -0.1) is 0 Å². The van der Waals surface area contributed by atoms with Gasteiger partial charge in [0.25, 0.3) is 0 Å². The summed E-state index contributed by atoms with van der Waals surface area (Å²) in [6, 6.07) is 7.37. The molecule has 0 saturated carbocycles. The van der Waals surface area contributed by atoms with E-state index >= 15 is 0 Å². The molecule has 5 nitrogen and oxygen atoms in total. The lowest BCUT2D eigenvalue weighted by Gasteiger charge is -2.10. The van der Waals surface area contributed by atoms with Gasteiger partial charge in [-0.2, -0.15) is 0 Å². The summed E-state index contributed by atoms with van der Waals surface area (Å²) in [6.45, 7) is 1.82. The fourth-order valence-electron chi connectivity index (χ4n) is 1.42. The molecule has 0 aliphatic rings. The minimum absolute atomic E-state index is 0.422. The fraction of sp³-hybridized carbons (Fsp3) is 0.462. The largest absolute Gasteiger partial charge is 0.449 e. The van der Waals surface area contributed by atoms with Gasteiger partial charge in [0, 0.05) is 18.8 Å². The lowest BCUT2D eigenvalue weighted by molar-refractivity contribution is 0.156. The molecular weight excluding hydrogens is 230 g/mol. The average Bonchev–Trinajstić information content (AvgIpc) is 2.35. The Kier molecular flexibility index (Phi) is 6.18. The van der Waals surface area contributed by atoms with Gasteiger partial charge in [0.1, 0.15) is 0 Å². The van der Waals surface area contributed by atoms with E-state index in [1.54, 1.807) is 0 Å². The first kappa shape index (κ1) is 14.5. The van der Waals surface area contributed by atoms with Gasteiger partial charge in [-0.05, 0) is 38.2 Å². The maximum Gasteiger partial charge on any atom is 0.411 e. The van der Waals surface area contributed by atoms with Gasteiger partial charge < -0.3 is 15.4 Å². The van der Waals surface area contributed by atoms with E-state index in [9.17, 15) is 4.79 Å². The van der Waals surface area contributed by atoms with E-state index in [1.807, 2.05) is 43.3 Å². The van der Waals surface area contributed by atoms with Crippen molar-refractivity contribution in [2.45, 2.75) is 13.0 Å². The molecule has 100 valence electrons. The van der Waals surface area contributed by atoms with Crippen molar-refractivity contribution in [3.8, 4) is 0 Å². The van der Waals surface area contributed by atoms with Crippen molar-refractivity contribution in [1.29, 1.82) is 0 Å². The second-order valence-electron chi connectivity index (χ2n) is 4.32. The number of ether oxygens (including phenoxy) is 1. The quantitative estimate of drug-likeness (QED) is 0.754. The van der Waals surface area contributed by atoms with Gasteiger partial charge in [-0.3, -0.25) is 5.32 Å². The molecule has 0 aromatic heterocycles. The molecule has 5 heteroatoms. The van der Waals surface area contributed by atoms with Crippen molar-refractivity contribution in [3.63, 3.8) is 0 Å². The molecule has 0 aliphatic carbocycles. The zero-order chi connectivity index (χ0) is 13.4. The summed E-state index contributed by atoms with van der Waals surface area (Å²) in [6.07, 6.45) is 0.404. The Balaban J connectivity index is 2.26. The zero-order valence-corrected chi connectivity index (χ0v) is 11.0. The number of benzene rings is 1. The van der Waals surface area contributed by atoms with Gasteiger partial charge in [-0.1, -0.05) is 12.1 Å². The van der Waals surface area contributed by atoms with E-state index in [4.69, 9.17) is 10.5 Å². The van der Waals surface area contributed by atoms with Crippen LogP contribution in [0.1, 0.15) is 12.0 Å². The van der Waals surface area contributed by atoms with Gasteiger partial charge in [0.2, 0.25) is 0 Å². The summed E-state index contributed by atoms with van der Waals surface area (Å²) in [5.74, 6) is 0. The summed E-state index contributed by atoms with van der Waals surface area (Å²) in [4.78, 5) is 13.5. The molecule has 0 aliphatic heterocycles. The highest BCUT2D eigenvalue weighted by Gasteiger charge is 2.02. The number of carbonyl (C=O) groups excluding carboxylic acids is 1. The van der Waals surface area contributed by atoms with Gasteiger partial charge in [0.15, 0.2) is 0 Å². The molecule has 0 spiro atoms. The van der Waals surface area contributed by atoms with Crippen molar-refractivity contribution in [2.75, 3.05) is 32.6 Å². The number of amides is 1. The first-order valence-corrected chi connectivity index (χ1v) is 5.99. The molecule has 0 bridgehead atoms. The predicted molar refractivity (Wildman–Crippen MR) is 72.5 cm³/mol. The Bertz CT molecular complexity index is 363. The lowest BCUT2D eigenvalue weighted by Crippen LogP contribution is -2.18.